The van der Waals surface area contributed by atoms with Crippen LogP contribution in [0.5, 0.6) is 0 Å². The number of hydrogen-bond donors (Lipinski definition) is 0. The van der Waals surface area contributed by atoms with Crippen molar-refractivity contribution in [3.8, 4) is 34.1 Å². The van der Waals surface area contributed by atoms with E-state index in [0.717, 1.165) is 11.1 Å². The summed E-state index contributed by atoms with van der Waals surface area (Å²) in [4.78, 5) is 0. The summed E-state index contributed by atoms with van der Waals surface area (Å²) >= 11 is 0. The van der Waals surface area contributed by atoms with Gasteiger partial charge in [-0.2, -0.15) is 0 Å². The summed E-state index contributed by atoms with van der Waals surface area (Å²) in [7, 11) is -1.57. The van der Waals surface area contributed by atoms with Gasteiger partial charge in [0.25, 0.3) is 0 Å². The van der Waals surface area contributed by atoms with Gasteiger partial charge in [0.05, 0.1) is 37.1 Å². The fourth-order valence-corrected chi connectivity index (χ4v) is 15.5. The van der Waals surface area contributed by atoms with Gasteiger partial charge < -0.3 is 12.8 Å². The first-order chi connectivity index (χ1) is 30.2. The SMILES string of the molecule is [Au+].[Au+].[C-]#Cc1ccc2c(c1)-c1ccccc1C2(C)C.[C-]#Cc1ccc2c(c1)C(C)(C)c1ccccc1-2.c1ccc([PH+](CC[PH+](c2ccccc2)c2ccccc2)c2ccccc2)cc1. The first-order valence-corrected chi connectivity index (χ1v) is 24.9. The minimum atomic E-state index is -0.783. The molecule has 0 nitrogen and oxygen atoms in total. The van der Waals surface area contributed by atoms with E-state index in [1.165, 1.54) is 78.0 Å². The smallest absolute Gasteiger partial charge is 0.366 e. The predicted molar refractivity (Wildman–Crippen MR) is 271 cm³/mol. The Kier molecular flexibility index (Phi) is 16.7. The topological polar surface area (TPSA) is 0 Å². The monoisotopic (exact) mass is 1230 g/mol. The van der Waals surface area contributed by atoms with Gasteiger partial charge in [-0.15, -0.1) is 35.4 Å². The molecule has 2 aliphatic rings. The van der Waals surface area contributed by atoms with Gasteiger partial charge in [0, 0.05) is 10.8 Å². The zero-order valence-corrected chi connectivity index (χ0v) is 43.0. The summed E-state index contributed by atoms with van der Waals surface area (Å²) in [5.74, 6) is 4.94. The minimum absolute atomic E-state index is 0. The van der Waals surface area contributed by atoms with Gasteiger partial charge in [0.2, 0.25) is 0 Å². The third-order valence-corrected chi connectivity index (χ3v) is 18.7. The minimum Gasteiger partial charge on any atom is -0.366 e. The molecule has 0 saturated heterocycles. The summed E-state index contributed by atoms with van der Waals surface area (Å²) in [6, 6.07) is 73.9. The van der Waals surface area contributed by atoms with Gasteiger partial charge in [-0.3, -0.25) is 11.8 Å². The third-order valence-electron chi connectivity index (χ3n) is 12.6. The molecule has 0 saturated carbocycles. The van der Waals surface area contributed by atoms with E-state index in [-0.39, 0.29) is 55.6 Å². The van der Waals surface area contributed by atoms with Crippen molar-refractivity contribution in [3.05, 3.63) is 252 Å². The van der Waals surface area contributed by atoms with E-state index in [1.807, 2.05) is 12.1 Å². The predicted octanol–water partition coefficient (Wildman–Crippen LogP) is 12.6. The second-order valence-corrected chi connectivity index (χ2v) is 22.3. The maximum atomic E-state index is 7.25. The molecular formula is C60H52Au2P2+2. The number of fused-ring (bicyclic) bond motifs is 6. The molecule has 0 aliphatic heterocycles. The van der Waals surface area contributed by atoms with Crippen molar-refractivity contribution < 1.29 is 44.8 Å². The summed E-state index contributed by atoms with van der Waals surface area (Å²) in [5.41, 5.74) is 12.3. The maximum absolute atomic E-state index is 7.25. The Balaban J connectivity index is 0.000000165. The van der Waals surface area contributed by atoms with Crippen molar-refractivity contribution in [3.63, 3.8) is 0 Å². The summed E-state index contributed by atoms with van der Waals surface area (Å²) in [6.45, 7) is 8.99. The second-order valence-electron chi connectivity index (χ2n) is 17.0. The Hall–Kier alpha value is -4.78. The van der Waals surface area contributed by atoms with Crippen LogP contribution in [0.3, 0.4) is 0 Å². The largest absolute Gasteiger partial charge is 1.00 e. The van der Waals surface area contributed by atoms with Crippen LogP contribution >= 0.6 is 15.8 Å². The van der Waals surface area contributed by atoms with Crippen molar-refractivity contribution in [2.75, 3.05) is 12.3 Å². The molecule has 8 aromatic rings. The molecule has 0 spiro atoms. The quantitative estimate of drug-likeness (QED) is 0.0646. The normalized spacial score (nSPS) is 12.8. The molecule has 4 heteroatoms. The average Bonchev–Trinajstić information content (AvgIpc) is 3.70. The Morgan fingerprint density at radius 2 is 0.656 bits per heavy atom. The summed E-state index contributed by atoms with van der Waals surface area (Å²) < 4.78 is 0. The fraction of sp³-hybridized carbons (Fsp3) is 0.133. The van der Waals surface area contributed by atoms with Gasteiger partial charge >= 0.3 is 44.8 Å². The molecule has 0 unspecified atom stereocenters. The molecule has 0 N–H and O–H groups in total. The summed E-state index contributed by atoms with van der Waals surface area (Å²) in [5, 5.41) is 6.06. The van der Waals surface area contributed by atoms with Crippen LogP contribution in [0.4, 0.5) is 0 Å². The van der Waals surface area contributed by atoms with Gasteiger partial charge in [-0.1, -0.05) is 161 Å². The van der Waals surface area contributed by atoms with Crippen LogP contribution < -0.4 is 21.2 Å². The van der Waals surface area contributed by atoms with Gasteiger partial charge in [0.1, 0.15) is 12.3 Å². The first kappa shape index (κ1) is 48.7. The zero-order chi connectivity index (χ0) is 43.1. The Morgan fingerprint density at radius 1 is 0.344 bits per heavy atom. The molecule has 0 aromatic heterocycles. The molecule has 0 amide bonds. The van der Waals surface area contributed by atoms with Crippen molar-refractivity contribution >= 4 is 37.1 Å². The van der Waals surface area contributed by atoms with Crippen LogP contribution in [0.2, 0.25) is 0 Å². The van der Waals surface area contributed by atoms with Gasteiger partial charge in [-0.25, -0.2) is 0 Å². The van der Waals surface area contributed by atoms with Crippen molar-refractivity contribution in [2.24, 2.45) is 0 Å². The van der Waals surface area contributed by atoms with E-state index in [4.69, 9.17) is 12.8 Å². The molecule has 0 heterocycles. The summed E-state index contributed by atoms with van der Waals surface area (Å²) in [6.07, 6.45) is 17.0. The van der Waals surface area contributed by atoms with Crippen molar-refractivity contribution in [2.45, 2.75) is 38.5 Å². The third kappa shape index (κ3) is 10.3. The molecular weight excluding hydrogens is 1180 g/mol. The van der Waals surface area contributed by atoms with Crippen molar-refractivity contribution in [1.29, 1.82) is 0 Å². The Labute approximate surface area is 415 Å². The van der Waals surface area contributed by atoms with Gasteiger partial charge in [0.15, 0.2) is 0 Å². The van der Waals surface area contributed by atoms with Crippen LogP contribution in [0.15, 0.2) is 206 Å². The van der Waals surface area contributed by atoms with E-state index >= 15 is 0 Å². The van der Waals surface area contributed by atoms with Crippen molar-refractivity contribution in [1.82, 2.24) is 0 Å². The molecule has 322 valence electrons. The number of hydrogen-bond acceptors (Lipinski definition) is 0. The fourth-order valence-electron chi connectivity index (χ4n) is 9.30. The van der Waals surface area contributed by atoms with Crippen LogP contribution in [0.25, 0.3) is 22.3 Å². The first-order valence-electron chi connectivity index (χ1n) is 21.5. The Morgan fingerprint density at radius 3 is 1.08 bits per heavy atom. The maximum Gasteiger partial charge on any atom is 1.00 e. The van der Waals surface area contributed by atoms with E-state index < -0.39 is 15.8 Å². The molecule has 0 bridgehead atoms. The molecule has 0 fully saturated rings. The Bertz CT molecular complexity index is 2710. The molecule has 0 radical (unpaired) electrons. The van der Waals surface area contributed by atoms with Crippen LogP contribution in [-0.2, 0) is 55.6 Å². The average molecular weight is 1230 g/mol. The zero-order valence-electron chi connectivity index (χ0n) is 36.6. The molecule has 2 aliphatic carbocycles. The van der Waals surface area contributed by atoms with Crippen LogP contribution in [0.1, 0.15) is 61.1 Å². The standard InChI is InChI=1S/C26H24P2.2C17H13.2Au/c1-5-13-23(14-6-1)27(24-15-7-2-8-16-24)21-22-28(25-17-9-3-10-18-25)26-19-11-4-12-20-26;1-4-12-9-10-16-14(11-12)13-7-5-6-8-15(13)17(16,2)3;1-4-12-9-10-14-13-7-5-6-8-15(13)17(2,3)16(14)11-12;;/h1-20H,21-22H2;2*5-11H,2-3H3;;/q;2*-1;2*+1/p+2. The van der Waals surface area contributed by atoms with E-state index in [9.17, 15) is 0 Å². The van der Waals surface area contributed by atoms with Crippen LogP contribution in [-0.4, -0.2) is 12.3 Å². The van der Waals surface area contributed by atoms with Crippen LogP contribution in [0, 0.1) is 24.7 Å². The number of rotatable bonds is 7. The van der Waals surface area contributed by atoms with E-state index in [1.54, 1.807) is 0 Å². The second kappa shape index (κ2) is 21.9. The molecule has 8 aromatic carbocycles. The number of benzene rings is 8. The molecule has 10 rings (SSSR count). The molecule has 64 heavy (non-hydrogen) atoms. The van der Waals surface area contributed by atoms with E-state index in [2.05, 4.69) is 234 Å². The van der Waals surface area contributed by atoms with Gasteiger partial charge in [-0.05, 0) is 93.0 Å². The van der Waals surface area contributed by atoms with E-state index in [0.29, 0.717) is 0 Å². The molecule has 0 atom stereocenters.